The molecule has 4 fully saturated rings. The van der Waals surface area contributed by atoms with Gasteiger partial charge in [-0.15, -0.1) is 0 Å². The third kappa shape index (κ3) is 1.30. The molecule has 4 aliphatic rings. The SMILES string of the molecule is CC(C)C[C@@]12OO[C@]3(C)OC(C)(CCC31)O2. The lowest BCUT2D eigenvalue weighted by Crippen LogP contribution is -2.64. The highest BCUT2D eigenvalue weighted by atomic mass is 17.3. The molecule has 4 atom stereocenters. The van der Waals surface area contributed by atoms with Crippen LogP contribution in [0, 0.1) is 11.8 Å². The Balaban J connectivity index is 1.97. The van der Waals surface area contributed by atoms with Gasteiger partial charge < -0.3 is 9.47 Å². The minimum Gasteiger partial charge on any atom is -0.315 e. The Morgan fingerprint density at radius 2 is 1.94 bits per heavy atom. The standard InChI is InChI=1S/C12H20O4/c1-8(2)7-12-9-5-6-10(3,14-12)13-11(9,4)15-16-12/h8-9H,5-7H2,1-4H3/t9?,10?,11-,12+/m0/s1. The molecule has 0 aliphatic carbocycles. The second-order valence-electron chi connectivity index (χ2n) is 6.02. The lowest BCUT2D eigenvalue weighted by molar-refractivity contribution is -0.428. The summed E-state index contributed by atoms with van der Waals surface area (Å²) in [6.45, 7) is 8.28. The van der Waals surface area contributed by atoms with E-state index in [1.54, 1.807) is 0 Å². The van der Waals surface area contributed by atoms with Crippen LogP contribution in [0.1, 0.15) is 47.0 Å². The summed E-state index contributed by atoms with van der Waals surface area (Å²) in [5.74, 6) is -1.07. The van der Waals surface area contributed by atoms with Crippen molar-refractivity contribution in [3.05, 3.63) is 0 Å². The van der Waals surface area contributed by atoms with E-state index >= 15 is 0 Å². The van der Waals surface area contributed by atoms with E-state index < -0.39 is 17.4 Å². The Hall–Kier alpha value is -0.160. The van der Waals surface area contributed by atoms with Gasteiger partial charge in [-0.1, -0.05) is 13.8 Å². The highest BCUT2D eigenvalue weighted by Gasteiger charge is 2.71. The largest absolute Gasteiger partial charge is 0.315 e. The predicted molar refractivity (Wildman–Crippen MR) is 56.1 cm³/mol. The Bertz CT molecular complexity index is 318. The molecule has 4 nitrogen and oxygen atoms in total. The highest BCUT2D eigenvalue weighted by molar-refractivity contribution is 5.02. The van der Waals surface area contributed by atoms with E-state index in [-0.39, 0.29) is 5.92 Å². The lowest BCUT2D eigenvalue weighted by Gasteiger charge is -2.54. The Morgan fingerprint density at radius 1 is 1.19 bits per heavy atom. The molecule has 4 aliphatic heterocycles. The lowest BCUT2D eigenvalue weighted by atomic mass is 9.76. The number of ether oxygens (including phenoxy) is 2. The molecule has 16 heavy (non-hydrogen) atoms. The molecule has 0 aromatic carbocycles. The first-order chi connectivity index (χ1) is 7.38. The van der Waals surface area contributed by atoms with Crippen molar-refractivity contribution in [1.29, 1.82) is 0 Å². The molecule has 0 N–H and O–H groups in total. The Labute approximate surface area is 96.1 Å². The quantitative estimate of drug-likeness (QED) is 0.681. The Kier molecular flexibility index (Phi) is 2.05. The maximum Gasteiger partial charge on any atom is 0.212 e. The summed E-state index contributed by atoms with van der Waals surface area (Å²) in [6.07, 6.45) is 2.81. The molecule has 2 unspecified atom stereocenters. The topological polar surface area (TPSA) is 36.9 Å². The molecular weight excluding hydrogens is 208 g/mol. The second-order valence-corrected chi connectivity index (χ2v) is 6.02. The molecule has 0 aromatic heterocycles. The van der Waals surface area contributed by atoms with Crippen LogP contribution in [0.5, 0.6) is 0 Å². The summed E-state index contributed by atoms with van der Waals surface area (Å²) in [5.41, 5.74) is 0. The molecule has 0 saturated carbocycles. The van der Waals surface area contributed by atoms with Gasteiger partial charge in [0.1, 0.15) is 0 Å². The smallest absolute Gasteiger partial charge is 0.212 e. The maximum absolute atomic E-state index is 6.06. The van der Waals surface area contributed by atoms with Gasteiger partial charge in [-0.2, -0.15) is 9.78 Å². The van der Waals surface area contributed by atoms with Gasteiger partial charge in [0, 0.05) is 12.8 Å². The third-order valence-electron chi connectivity index (χ3n) is 3.90. The van der Waals surface area contributed by atoms with Crippen molar-refractivity contribution in [2.24, 2.45) is 11.8 Å². The first-order valence-electron chi connectivity index (χ1n) is 6.15. The molecule has 0 amide bonds. The van der Waals surface area contributed by atoms with Crippen LogP contribution in [0.25, 0.3) is 0 Å². The zero-order valence-electron chi connectivity index (χ0n) is 10.4. The van der Waals surface area contributed by atoms with Crippen molar-refractivity contribution in [3.63, 3.8) is 0 Å². The molecule has 4 heterocycles. The summed E-state index contributed by atoms with van der Waals surface area (Å²) >= 11 is 0. The van der Waals surface area contributed by atoms with Gasteiger partial charge in [-0.3, -0.25) is 0 Å². The van der Waals surface area contributed by atoms with Gasteiger partial charge in [-0.05, 0) is 26.2 Å². The Morgan fingerprint density at radius 3 is 2.56 bits per heavy atom. The van der Waals surface area contributed by atoms with Crippen LogP contribution >= 0.6 is 0 Å². The van der Waals surface area contributed by atoms with Gasteiger partial charge in [0.25, 0.3) is 0 Å². The van der Waals surface area contributed by atoms with E-state index in [0.717, 1.165) is 19.3 Å². The van der Waals surface area contributed by atoms with Crippen molar-refractivity contribution in [2.45, 2.75) is 64.3 Å². The summed E-state index contributed by atoms with van der Waals surface area (Å²) in [7, 11) is 0. The van der Waals surface area contributed by atoms with Crippen LogP contribution in [-0.2, 0) is 19.2 Å². The normalized spacial score (nSPS) is 54.9. The van der Waals surface area contributed by atoms with Crippen LogP contribution in [0.15, 0.2) is 0 Å². The van der Waals surface area contributed by atoms with Gasteiger partial charge >= 0.3 is 0 Å². The van der Waals surface area contributed by atoms with Crippen molar-refractivity contribution in [3.8, 4) is 0 Å². The molecule has 4 bridgehead atoms. The molecule has 4 rings (SSSR count). The molecule has 0 radical (unpaired) electrons. The zero-order chi connectivity index (χ0) is 11.6. The van der Waals surface area contributed by atoms with Gasteiger partial charge in [-0.25, -0.2) is 0 Å². The second kappa shape index (κ2) is 2.99. The fraction of sp³-hybridized carbons (Fsp3) is 1.00. The summed E-state index contributed by atoms with van der Waals surface area (Å²) in [4.78, 5) is 11.0. The molecular formula is C12H20O4. The van der Waals surface area contributed by atoms with Gasteiger partial charge in [0.05, 0.1) is 5.92 Å². The van der Waals surface area contributed by atoms with E-state index in [9.17, 15) is 0 Å². The average Bonchev–Trinajstić information content (AvgIpc) is 2.32. The molecule has 4 heteroatoms. The van der Waals surface area contributed by atoms with Gasteiger partial charge in [0.2, 0.25) is 11.6 Å². The zero-order valence-corrected chi connectivity index (χ0v) is 10.4. The van der Waals surface area contributed by atoms with E-state index in [1.165, 1.54) is 0 Å². The van der Waals surface area contributed by atoms with E-state index in [4.69, 9.17) is 19.2 Å². The summed E-state index contributed by atoms with van der Waals surface area (Å²) in [6, 6.07) is 0. The summed E-state index contributed by atoms with van der Waals surface area (Å²) < 4.78 is 11.9. The van der Waals surface area contributed by atoms with Crippen molar-refractivity contribution in [2.75, 3.05) is 0 Å². The highest BCUT2D eigenvalue weighted by Crippen LogP contribution is 2.60. The predicted octanol–water partition coefficient (Wildman–Crippen LogP) is 2.58. The van der Waals surface area contributed by atoms with Crippen molar-refractivity contribution in [1.82, 2.24) is 0 Å². The minimum atomic E-state index is -0.625. The number of hydrogen-bond acceptors (Lipinski definition) is 4. The molecule has 0 spiro atoms. The maximum atomic E-state index is 6.06. The van der Waals surface area contributed by atoms with Crippen LogP contribution in [-0.4, -0.2) is 17.4 Å². The number of rotatable bonds is 2. The average molecular weight is 228 g/mol. The van der Waals surface area contributed by atoms with E-state index in [2.05, 4.69) is 13.8 Å². The van der Waals surface area contributed by atoms with Crippen LogP contribution < -0.4 is 0 Å². The molecule has 92 valence electrons. The molecule has 4 saturated heterocycles. The van der Waals surface area contributed by atoms with Gasteiger partial charge in [0.15, 0.2) is 5.79 Å². The van der Waals surface area contributed by atoms with E-state index in [1.807, 2.05) is 13.8 Å². The number of hydrogen-bond donors (Lipinski definition) is 0. The van der Waals surface area contributed by atoms with Crippen LogP contribution in [0.4, 0.5) is 0 Å². The van der Waals surface area contributed by atoms with Crippen LogP contribution in [0.3, 0.4) is 0 Å². The summed E-state index contributed by atoms with van der Waals surface area (Å²) in [5, 5.41) is 0. The molecule has 0 aromatic rings. The van der Waals surface area contributed by atoms with Crippen molar-refractivity contribution >= 4 is 0 Å². The fourth-order valence-corrected chi connectivity index (χ4v) is 3.44. The third-order valence-corrected chi connectivity index (χ3v) is 3.90. The van der Waals surface area contributed by atoms with E-state index in [0.29, 0.717) is 5.92 Å². The minimum absolute atomic E-state index is 0.184. The number of fused-ring (bicyclic) bond motifs is 1. The van der Waals surface area contributed by atoms with Crippen LogP contribution in [0.2, 0.25) is 0 Å². The fourth-order valence-electron chi connectivity index (χ4n) is 3.44. The monoisotopic (exact) mass is 228 g/mol. The first kappa shape index (κ1) is 11.0. The first-order valence-corrected chi connectivity index (χ1v) is 6.15. The van der Waals surface area contributed by atoms with Crippen molar-refractivity contribution < 1.29 is 19.2 Å².